The standard InChI is InChI=1S/C23H21N3O/c27-23-15-18(24-22-12-3-4-14-26(22)23)16-25-13-6-11-21(25)20-10-5-8-17-7-1-2-9-19(17)20/h1-5,7-10,12,14-15,21H,6,11,13,16H2. The van der Waals surface area contributed by atoms with Crippen LogP contribution in [0.4, 0.5) is 0 Å². The van der Waals surface area contributed by atoms with E-state index in [-0.39, 0.29) is 5.56 Å². The fraction of sp³-hybridized carbons (Fsp3) is 0.217. The first kappa shape index (κ1) is 16.2. The van der Waals surface area contributed by atoms with Crippen molar-refractivity contribution in [2.75, 3.05) is 6.54 Å². The van der Waals surface area contributed by atoms with Gasteiger partial charge in [0.15, 0.2) is 0 Å². The minimum absolute atomic E-state index is 0.0171. The van der Waals surface area contributed by atoms with Crippen LogP contribution in [0.15, 0.2) is 77.7 Å². The molecular formula is C23H21N3O. The minimum Gasteiger partial charge on any atom is -0.290 e. The number of rotatable bonds is 3. The van der Waals surface area contributed by atoms with Crippen LogP contribution in [0.1, 0.15) is 30.1 Å². The maximum absolute atomic E-state index is 12.4. The normalized spacial score (nSPS) is 17.7. The first-order chi connectivity index (χ1) is 13.3. The predicted octanol–water partition coefficient (Wildman–Crippen LogP) is 4.18. The zero-order valence-corrected chi connectivity index (χ0v) is 15.1. The van der Waals surface area contributed by atoms with E-state index in [0.29, 0.717) is 18.2 Å². The van der Waals surface area contributed by atoms with Crippen LogP contribution in [0.2, 0.25) is 0 Å². The molecule has 1 aliphatic rings. The molecule has 4 aromatic rings. The molecule has 0 bridgehead atoms. The molecule has 1 aliphatic heterocycles. The van der Waals surface area contributed by atoms with Gasteiger partial charge in [-0.3, -0.25) is 14.1 Å². The Bertz CT molecular complexity index is 1180. The van der Waals surface area contributed by atoms with Crippen molar-refractivity contribution in [3.8, 4) is 0 Å². The highest BCUT2D eigenvalue weighted by atomic mass is 16.1. The summed E-state index contributed by atoms with van der Waals surface area (Å²) in [6.45, 7) is 1.73. The minimum atomic E-state index is -0.0171. The summed E-state index contributed by atoms with van der Waals surface area (Å²) in [6, 6.07) is 22.8. The van der Waals surface area contributed by atoms with Crippen molar-refractivity contribution >= 4 is 16.4 Å². The highest BCUT2D eigenvalue weighted by Gasteiger charge is 2.27. The average Bonchev–Trinajstić information content (AvgIpc) is 3.15. The highest BCUT2D eigenvalue weighted by molar-refractivity contribution is 5.86. The van der Waals surface area contributed by atoms with E-state index in [1.807, 2.05) is 18.2 Å². The van der Waals surface area contributed by atoms with Crippen molar-refractivity contribution < 1.29 is 0 Å². The molecule has 4 heteroatoms. The molecule has 1 saturated heterocycles. The number of benzene rings is 2. The molecule has 0 spiro atoms. The molecule has 3 heterocycles. The first-order valence-electron chi connectivity index (χ1n) is 9.49. The molecular weight excluding hydrogens is 334 g/mol. The summed E-state index contributed by atoms with van der Waals surface area (Å²) in [4.78, 5) is 19.6. The molecule has 0 amide bonds. The third-order valence-electron chi connectivity index (χ3n) is 5.54. The van der Waals surface area contributed by atoms with Crippen molar-refractivity contribution in [2.24, 2.45) is 0 Å². The van der Waals surface area contributed by atoms with Gasteiger partial charge < -0.3 is 0 Å². The second-order valence-electron chi connectivity index (χ2n) is 7.21. The molecule has 134 valence electrons. The highest BCUT2D eigenvalue weighted by Crippen LogP contribution is 2.36. The number of aromatic nitrogens is 2. The lowest BCUT2D eigenvalue weighted by Crippen LogP contribution is -2.25. The van der Waals surface area contributed by atoms with Crippen LogP contribution in [0.5, 0.6) is 0 Å². The quantitative estimate of drug-likeness (QED) is 0.553. The smallest absolute Gasteiger partial charge is 0.258 e. The number of nitrogens with zero attached hydrogens (tertiary/aromatic N) is 3. The molecule has 2 aromatic carbocycles. The van der Waals surface area contributed by atoms with Gasteiger partial charge in [0.1, 0.15) is 5.65 Å². The Morgan fingerprint density at radius 1 is 1.00 bits per heavy atom. The van der Waals surface area contributed by atoms with Gasteiger partial charge in [-0.1, -0.05) is 48.5 Å². The number of pyridine rings is 1. The topological polar surface area (TPSA) is 37.6 Å². The van der Waals surface area contributed by atoms with Gasteiger partial charge in [0.05, 0.1) is 5.69 Å². The van der Waals surface area contributed by atoms with Crippen molar-refractivity contribution in [3.05, 3.63) is 94.5 Å². The lowest BCUT2D eigenvalue weighted by atomic mass is 9.97. The van der Waals surface area contributed by atoms with Crippen LogP contribution in [0.25, 0.3) is 16.4 Å². The molecule has 0 saturated carbocycles. The Kier molecular flexibility index (Phi) is 3.98. The molecule has 1 atom stereocenters. The molecule has 1 unspecified atom stereocenters. The number of fused-ring (bicyclic) bond motifs is 2. The van der Waals surface area contributed by atoms with E-state index in [9.17, 15) is 4.79 Å². The number of likely N-dealkylation sites (tertiary alicyclic amines) is 1. The van der Waals surface area contributed by atoms with E-state index >= 15 is 0 Å². The lowest BCUT2D eigenvalue weighted by molar-refractivity contribution is 0.247. The van der Waals surface area contributed by atoms with Crippen LogP contribution < -0.4 is 5.56 Å². The Hall–Kier alpha value is -2.98. The summed E-state index contributed by atoms with van der Waals surface area (Å²) in [5.41, 5.74) is 2.92. The summed E-state index contributed by atoms with van der Waals surface area (Å²) in [7, 11) is 0. The summed E-state index contributed by atoms with van der Waals surface area (Å²) in [5, 5.41) is 2.60. The van der Waals surface area contributed by atoms with Crippen LogP contribution in [0.3, 0.4) is 0 Å². The Morgan fingerprint density at radius 2 is 1.85 bits per heavy atom. The zero-order chi connectivity index (χ0) is 18.2. The molecule has 1 fully saturated rings. The fourth-order valence-corrected chi connectivity index (χ4v) is 4.30. The van der Waals surface area contributed by atoms with Crippen LogP contribution in [-0.4, -0.2) is 20.8 Å². The van der Waals surface area contributed by atoms with Crippen molar-refractivity contribution in [2.45, 2.75) is 25.4 Å². The zero-order valence-electron chi connectivity index (χ0n) is 15.1. The van der Waals surface area contributed by atoms with Crippen molar-refractivity contribution in [1.29, 1.82) is 0 Å². The molecule has 0 aliphatic carbocycles. The van der Waals surface area contributed by atoms with Gasteiger partial charge in [-0.25, -0.2) is 4.98 Å². The van der Waals surface area contributed by atoms with Gasteiger partial charge in [-0.05, 0) is 47.9 Å². The summed E-state index contributed by atoms with van der Waals surface area (Å²) < 4.78 is 1.59. The fourth-order valence-electron chi connectivity index (χ4n) is 4.30. The lowest BCUT2D eigenvalue weighted by Gasteiger charge is -2.25. The largest absolute Gasteiger partial charge is 0.290 e. The van der Waals surface area contributed by atoms with Gasteiger partial charge in [0.2, 0.25) is 0 Å². The Morgan fingerprint density at radius 3 is 2.81 bits per heavy atom. The Labute approximate surface area is 157 Å². The van der Waals surface area contributed by atoms with Crippen LogP contribution in [0, 0.1) is 0 Å². The predicted molar refractivity (Wildman–Crippen MR) is 108 cm³/mol. The van der Waals surface area contributed by atoms with E-state index in [1.165, 1.54) is 22.8 Å². The third-order valence-corrected chi connectivity index (χ3v) is 5.54. The Balaban J connectivity index is 1.51. The number of hydrogen-bond donors (Lipinski definition) is 0. The molecule has 0 N–H and O–H groups in total. The maximum atomic E-state index is 12.4. The first-order valence-corrected chi connectivity index (χ1v) is 9.49. The van der Waals surface area contributed by atoms with Crippen LogP contribution in [-0.2, 0) is 6.54 Å². The monoisotopic (exact) mass is 355 g/mol. The summed E-state index contributed by atoms with van der Waals surface area (Å²) >= 11 is 0. The number of hydrogen-bond acceptors (Lipinski definition) is 3. The molecule has 0 radical (unpaired) electrons. The summed E-state index contributed by atoms with van der Waals surface area (Å²) in [5.74, 6) is 0. The van der Waals surface area contributed by atoms with Crippen molar-refractivity contribution in [1.82, 2.24) is 14.3 Å². The molecule has 27 heavy (non-hydrogen) atoms. The van der Waals surface area contributed by atoms with Gasteiger partial charge in [-0.15, -0.1) is 0 Å². The van der Waals surface area contributed by atoms with Gasteiger partial charge in [-0.2, -0.15) is 0 Å². The van der Waals surface area contributed by atoms with Gasteiger partial charge in [0.25, 0.3) is 5.56 Å². The molecule has 2 aromatic heterocycles. The second-order valence-corrected chi connectivity index (χ2v) is 7.21. The summed E-state index contributed by atoms with van der Waals surface area (Å²) in [6.07, 6.45) is 4.07. The van der Waals surface area contributed by atoms with E-state index in [4.69, 9.17) is 4.98 Å². The SMILES string of the molecule is O=c1cc(CN2CCCC2c2cccc3ccccc23)nc2ccccn12. The van der Waals surface area contributed by atoms with Crippen LogP contribution >= 0.6 is 0 Å². The molecule has 5 rings (SSSR count). The van der Waals surface area contributed by atoms with Crippen molar-refractivity contribution in [3.63, 3.8) is 0 Å². The molecule has 4 nitrogen and oxygen atoms in total. The van der Waals surface area contributed by atoms with E-state index in [1.54, 1.807) is 16.7 Å². The van der Waals surface area contributed by atoms with Gasteiger partial charge >= 0.3 is 0 Å². The second kappa shape index (κ2) is 6.63. The van der Waals surface area contributed by atoms with E-state index in [2.05, 4.69) is 47.4 Å². The third kappa shape index (κ3) is 2.92. The van der Waals surface area contributed by atoms with Gasteiger partial charge in [0, 0.05) is 24.8 Å². The van der Waals surface area contributed by atoms with E-state index < -0.39 is 0 Å². The average molecular weight is 355 g/mol. The van der Waals surface area contributed by atoms with E-state index in [0.717, 1.165) is 18.7 Å². The maximum Gasteiger partial charge on any atom is 0.258 e.